The summed E-state index contributed by atoms with van der Waals surface area (Å²) in [6.45, 7) is 0.0741. The first-order valence-corrected chi connectivity index (χ1v) is 7.29. The van der Waals surface area contributed by atoms with E-state index in [0.717, 1.165) is 5.75 Å². The molecule has 0 aliphatic carbocycles. The molecule has 0 spiro atoms. The highest BCUT2D eigenvalue weighted by Crippen LogP contribution is 2.29. The Balaban J connectivity index is 2.74. The maximum Gasteiger partial charge on any atom is 0.118 e. The van der Waals surface area contributed by atoms with Crippen molar-refractivity contribution in [3.05, 3.63) is 24.3 Å². The van der Waals surface area contributed by atoms with Crippen LogP contribution in [0.4, 0.5) is 0 Å². The lowest BCUT2D eigenvalue weighted by Gasteiger charge is -1.99. The predicted octanol–water partition coefficient (Wildman–Crippen LogP) is 2.58. The van der Waals surface area contributed by atoms with Crippen molar-refractivity contribution in [2.45, 2.75) is 4.90 Å². The molecule has 1 unspecified atom stereocenters. The number of hydrogen-bond donors (Lipinski definition) is 0. The van der Waals surface area contributed by atoms with E-state index in [9.17, 15) is 0 Å². The Kier molecular flexibility index (Phi) is 3.98. The Hall–Kier alpha value is 0.0200. The van der Waals surface area contributed by atoms with Gasteiger partial charge < -0.3 is 4.74 Å². The molecule has 0 amide bonds. The smallest absolute Gasteiger partial charge is 0.118 e. The van der Waals surface area contributed by atoms with Gasteiger partial charge in [-0.1, -0.05) is 23.2 Å². The predicted molar refractivity (Wildman–Crippen MR) is 55.9 cm³/mol. The molecule has 0 aromatic heterocycles. The molecule has 1 nitrogen and oxygen atoms in total. The molecule has 1 rings (SSSR count). The van der Waals surface area contributed by atoms with Crippen LogP contribution < -0.4 is 4.74 Å². The summed E-state index contributed by atoms with van der Waals surface area (Å²) in [6.07, 6.45) is 0. The summed E-state index contributed by atoms with van der Waals surface area (Å²) in [6, 6.07) is 7.96. The number of methoxy groups -OCH3 is 1. The summed E-state index contributed by atoms with van der Waals surface area (Å²) in [5.41, 5.74) is 0. The van der Waals surface area contributed by atoms with E-state index in [1.807, 2.05) is 24.3 Å². The molecular weight excluding hydrogens is 195 g/mol. The van der Waals surface area contributed by atoms with Crippen LogP contribution in [-0.2, 0) is 11.8 Å². The monoisotopic (exact) mass is 204 g/mol. The van der Waals surface area contributed by atoms with Crippen LogP contribution in [-0.4, -0.2) is 7.11 Å². The van der Waals surface area contributed by atoms with E-state index >= 15 is 0 Å². The van der Waals surface area contributed by atoms with Crippen LogP contribution in [0.25, 0.3) is 0 Å². The lowest BCUT2D eigenvalue weighted by atomic mass is 10.3. The van der Waals surface area contributed by atoms with E-state index in [1.165, 1.54) is 4.90 Å². The van der Waals surface area contributed by atoms with Crippen molar-refractivity contribution in [2.24, 2.45) is 0 Å². The molecule has 0 N–H and O–H groups in total. The largest absolute Gasteiger partial charge is 0.497 e. The Morgan fingerprint density at radius 1 is 1.36 bits per heavy atom. The van der Waals surface area contributed by atoms with E-state index in [1.54, 1.807) is 18.5 Å². The Labute approximate surface area is 76.7 Å². The van der Waals surface area contributed by atoms with Crippen LogP contribution >= 0.6 is 17.9 Å². The Bertz CT molecular complexity index is 235. The second kappa shape index (κ2) is 4.81. The third-order valence-corrected chi connectivity index (χ3v) is 3.86. The van der Waals surface area contributed by atoms with Gasteiger partial charge in [0.05, 0.1) is 7.11 Å². The van der Waals surface area contributed by atoms with Crippen molar-refractivity contribution >= 4 is 29.7 Å². The summed E-state index contributed by atoms with van der Waals surface area (Å²) in [7, 11) is 1.67. The molecule has 1 atom stereocenters. The second-order valence-electron chi connectivity index (χ2n) is 1.89. The summed E-state index contributed by atoms with van der Waals surface area (Å²) in [4.78, 5) is 1.23. The lowest BCUT2D eigenvalue weighted by molar-refractivity contribution is 0.414. The molecule has 1 aromatic rings. The van der Waals surface area contributed by atoms with E-state index in [-0.39, 0.29) is 6.56 Å². The van der Waals surface area contributed by atoms with Gasteiger partial charge in [0.15, 0.2) is 0 Å². The quantitative estimate of drug-likeness (QED) is 0.700. The normalized spacial score (nSPS) is 10.6. The molecule has 0 heterocycles. The fraction of sp³-hybridized carbons (Fsp3) is 0.143. The Morgan fingerprint density at radius 3 is 2.45 bits per heavy atom. The van der Waals surface area contributed by atoms with Gasteiger partial charge in [0.2, 0.25) is 0 Å². The van der Waals surface area contributed by atoms with E-state index in [2.05, 4.69) is 0 Å². The molecule has 1 aromatic carbocycles. The standard InChI is InChI=1S/C7H9OPS2/c1-8-6-2-4-7(5-3-6)11-9-10/h2-5H,9H2,1H3. The highest BCUT2D eigenvalue weighted by Gasteiger charge is 1.90. The average Bonchev–Trinajstić information content (AvgIpc) is 2.07. The zero-order valence-corrected chi connectivity index (χ0v) is 8.90. The zero-order chi connectivity index (χ0) is 8.10. The van der Waals surface area contributed by atoms with Crippen LogP contribution in [0.15, 0.2) is 29.2 Å². The van der Waals surface area contributed by atoms with Gasteiger partial charge in [-0.2, -0.15) is 0 Å². The van der Waals surface area contributed by atoms with Crippen molar-refractivity contribution in [3.8, 4) is 5.75 Å². The molecule has 0 saturated heterocycles. The van der Waals surface area contributed by atoms with Gasteiger partial charge in [-0.05, 0) is 30.8 Å². The summed E-state index contributed by atoms with van der Waals surface area (Å²) in [5, 5.41) is 0. The number of ether oxygens (including phenoxy) is 1. The minimum atomic E-state index is 0.0741. The maximum atomic E-state index is 5.02. The molecule has 0 saturated carbocycles. The van der Waals surface area contributed by atoms with Gasteiger partial charge >= 0.3 is 0 Å². The molecule has 60 valence electrons. The van der Waals surface area contributed by atoms with Crippen molar-refractivity contribution in [1.82, 2.24) is 0 Å². The van der Waals surface area contributed by atoms with Gasteiger partial charge in [-0.25, -0.2) is 0 Å². The van der Waals surface area contributed by atoms with Crippen molar-refractivity contribution < 1.29 is 4.74 Å². The molecule has 11 heavy (non-hydrogen) atoms. The van der Waals surface area contributed by atoms with Crippen LogP contribution in [0.3, 0.4) is 0 Å². The maximum absolute atomic E-state index is 5.02. The SMILES string of the molecule is COc1ccc(S[PH2]=S)cc1. The first kappa shape index (κ1) is 9.11. The average molecular weight is 204 g/mol. The zero-order valence-electron chi connectivity index (χ0n) is 6.11. The summed E-state index contributed by atoms with van der Waals surface area (Å²) in [5.74, 6) is 0.897. The van der Waals surface area contributed by atoms with Crippen LogP contribution in [0, 0.1) is 0 Å². The van der Waals surface area contributed by atoms with Gasteiger partial charge in [-0.3, -0.25) is 0 Å². The first-order chi connectivity index (χ1) is 5.36. The third kappa shape index (κ3) is 2.86. The number of hydrogen-bond acceptors (Lipinski definition) is 3. The molecular formula is C7H9OPS2. The van der Waals surface area contributed by atoms with Crippen LogP contribution in [0.1, 0.15) is 0 Å². The minimum Gasteiger partial charge on any atom is -0.497 e. The van der Waals surface area contributed by atoms with Crippen molar-refractivity contribution in [1.29, 1.82) is 0 Å². The van der Waals surface area contributed by atoms with E-state index < -0.39 is 0 Å². The first-order valence-electron chi connectivity index (χ1n) is 3.11. The van der Waals surface area contributed by atoms with Crippen LogP contribution in [0.2, 0.25) is 0 Å². The minimum absolute atomic E-state index is 0.0741. The molecule has 0 aliphatic heterocycles. The second-order valence-corrected chi connectivity index (χ2v) is 5.81. The van der Waals surface area contributed by atoms with E-state index in [0.29, 0.717) is 0 Å². The molecule has 0 bridgehead atoms. The van der Waals surface area contributed by atoms with Gasteiger partial charge in [0.25, 0.3) is 0 Å². The lowest BCUT2D eigenvalue weighted by Crippen LogP contribution is -1.80. The Morgan fingerprint density at radius 2 is 2.00 bits per heavy atom. The fourth-order valence-electron chi connectivity index (χ4n) is 0.710. The number of rotatable bonds is 3. The highest BCUT2D eigenvalue weighted by atomic mass is 32.9. The van der Waals surface area contributed by atoms with Crippen LogP contribution in [0.5, 0.6) is 5.75 Å². The summed E-state index contributed by atoms with van der Waals surface area (Å²) >= 11 is 6.65. The number of benzene rings is 1. The summed E-state index contributed by atoms with van der Waals surface area (Å²) < 4.78 is 5.02. The highest BCUT2D eigenvalue weighted by molar-refractivity contribution is 8.58. The molecule has 4 heteroatoms. The fourth-order valence-corrected chi connectivity index (χ4v) is 2.92. The molecule has 0 aliphatic rings. The van der Waals surface area contributed by atoms with Crippen molar-refractivity contribution in [2.75, 3.05) is 7.11 Å². The molecule has 0 radical (unpaired) electrons. The van der Waals surface area contributed by atoms with Crippen molar-refractivity contribution in [3.63, 3.8) is 0 Å². The van der Waals surface area contributed by atoms with E-state index in [4.69, 9.17) is 16.5 Å². The topological polar surface area (TPSA) is 9.23 Å². The third-order valence-electron chi connectivity index (χ3n) is 1.24. The van der Waals surface area contributed by atoms with Gasteiger partial charge in [-0.15, -0.1) is 0 Å². The van der Waals surface area contributed by atoms with Gasteiger partial charge in [0, 0.05) is 4.90 Å². The molecule has 0 fully saturated rings. The van der Waals surface area contributed by atoms with Gasteiger partial charge in [0.1, 0.15) is 5.75 Å².